The normalized spacial score (nSPS) is 6.00. The van der Waals surface area contributed by atoms with Gasteiger partial charge in [0.2, 0.25) is 0 Å². The van der Waals surface area contributed by atoms with E-state index in [1.165, 1.54) is 0 Å². The lowest BCUT2D eigenvalue weighted by Gasteiger charge is -1.65. The molecule has 0 aromatic rings. The van der Waals surface area contributed by atoms with Crippen LogP contribution < -0.4 is 0 Å². The maximum atomic E-state index is 4.94. The first-order chi connectivity index (χ1) is 1.73. The van der Waals surface area contributed by atoms with E-state index < -0.39 is 6.73 Å². The van der Waals surface area contributed by atoms with E-state index in [0.29, 0.717) is 0 Å². The Morgan fingerprint density at radius 2 is 1.00 bits per heavy atom. The summed E-state index contributed by atoms with van der Waals surface area (Å²) in [7, 11) is 0. The first kappa shape index (κ1) is 15.7. The quantitative estimate of drug-likeness (QED) is 0.434. The Kier molecular flexibility index (Phi) is 25.9. The molecule has 0 rings (SSSR count). The molecule has 0 fully saturated rings. The van der Waals surface area contributed by atoms with Crippen molar-refractivity contribution in [2.75, 3.05) is 0 Å². The monoisotopic (exact) mass is 246 g/mol. The van der Waals surface area contributed by atoms with Crippen molar-refractivity contribution >= 4 is 67.9 Å². The lowest BCUT2D eigenvalue weighted by atomic mass is 27.7. The van der Waals surface area contributed by atoms with Gasteiger partial charge in [-0.1, -0.05) is 0 Å². The Morgan fingerprint density at radius 1 is 1.00 bits per heavy atom. The molecule has 0 aromatic carbocycles. The molecule has 0 N–H and O–H groups in total. The summed E-state index contributed by atoms with van der Waals surface area (Å²) in [6.45, 7) is -1.72. The van der Waals surface area contributed by atoms with Gasteiger partial charge in [0, 0.05) is 0 Å². The summed E-state index contributed by atoms with van der Waals surface area (Å²) in [5, 5.41) is 0. The van der Waals surface area contributed by atoms with Crippen LogP contribution in [0.2, 0.25) is 0 Å². The van der Waals surface area contributed by atoms with Crippen LogP contribution in [0.3, 0.4) is 0 Å². The van der Waals surface area contributed by atoms with Gasteiger partial charge in [-0.25, -0.2) is 0 Å². The van der Waals surface area contributed by atoms with Gasteiger partial charge in [-0.05, 0) is 11.0 Å². The Labute approximate surface area is 67.7 Å². The average Bonchev–Trinajstić information content (AvgIpc) is 0.811. The van der Waals surface area contributed by atoms with Crippen LogP contribution in [0.4, 0.5) is 0 Å². The lowest BCUT2D eigenvalue weighted by Crippen LogP contribution is -1.66. The molecule has 0 aliphatic rings. The van der Waals surface area contributed by atoms with Gasteiger partial charge < -0.3 is 0 Å². The van der Waals surface area contributed by atoms with Crippen LogP contribution in [0, 0.1) is 0 Å². The first-order valence-corrected chi connectivity index (χ1v) is 5.89. The maximum absolute atomic E-state index is 4.94. The number of hydrogen-bond donors (Lipinski definition) is 0. The van der Waals surface area contributed by atoms with Crippen molar-refractivity contribution in [2.24, 2.45) is 0 Å². The minimum atomic E-state index is -1.72. The summed E-state index contributed by atoms with van der Waals surface area (Å²) >= 11 is 14.8. The molecular weight excluding hydrogens is 242 g/mol. The van der Waals surface area contributed by atoms with Crippen LogP contribution in [-0.2, 0) is 0 Å². The minimum absolute atomic E-state index is 0. The first-order valence-electron chi connectivity index (χ1n) is 0.655. The van der Waals surface area contributed by atoms with Gasteiger partial charge >= 0.3 is 6.73 Å². The van der Waals surface area contributed by atoms with Crippen molar-refractivity contribution in [3.63, 3.8) is 0 Å². The Morgan fingerprint density at radius 3 is 1.00 bits per heavy atom. The van der Waals surface area contributed by atoms with Crippen molar-refractivity contribution in [1.29, 1.82) is 0 Å². The van der Waals surface area contributed by atoms with Gasteiger partial charge in [0.15, 0.2) is 0 Å². The molecule has 0 heterocycles. The molecule has 0 aromatic heterocycles. The Bertz CT molecular complexity index is 13.5. The van der Waals surface area contributed by atoms with E-state index in [9.17, 15) is 0 Å². The van der Waals surface area contributed by atoms with Crippen molar-refractivity contribution in [3.8, 4) is 0 Å². The summed E-state index contributed by atoms with van der Waals surface area (Å²) in [4.78, 5) is 0. The summed E-state index contributed by atoms with van der Waals surface area (Å²) in [6, 6.07) is 0. The maximum Gasteiger partial charge on any atom is 0.326 e. The smallest absolute Gasteiger partial charge is 0.130 e. The van der Waals surface area contributed by atoms with E-state index in [0.717, 1.165) is 0 Å². The zero-order valence-electron chi connectivity index (χ0n) is 2.12. The highest BCUT2D eigenvalue weighted by molar-refractivity contribution is 8.93. The van der Waals surface area contributed by atoms with Gasteiger partial charge in [-0.2, -0.15) is 0 Å². The predicted octanol–water partition coefficient (Wildman–Crippen LogP) is 0.546. The summed E-state index contributed by atoms with van der Waals surface area (Å²) in [6.07, 6.45) is 0. The Balaban J connectivity index is -0.0000000450. The fraction of sp³-hybridized carbons (Fsp3) is 0. The fourth-order valence-electron chi connectivity index (χ4n) is 0. The molecule has 6 heteroatoms. The summed E-state index contributed by atoms with van der Waals surface area (Å²) < 4.78 is 0. The van der Waals surface area contributed by atoms with Gasteiger partial charge in [-0.15, -0.1) is 50.2 Å². The third-order valence-electron chi connectivity index (χ3n) is 0. The predicted molar refractivity (Wildman–Crippen MR) is 46.4 cm³/mol. The van der Waals surface area contributed by atoms with E-state index in [-0.39, 0.29) is 27.9 Å². The molecule has 0 saturated carbocycles. The van der Waals surface area contributed by atoms with E-state index in [2.05, 4.69) is 0 Å². The molecule has 0 aliphatic heterocycles. The topological polar surface area (TPSA) is 0 Å². The summed E-state index contributed by atoms with van der Waals surface area (Å²) in [5.41, 5.74) is 0. The third kappa shape index (κ3) is 41.6. The summed E-state index contributed by atoms with van der Waals surface area (Å²) in [5.74, 6) is 0. The molecule has 0 atom stereocenters. The molecule has 0 amide bonds. The second-order valence-electron chi connectivity index (χ2n) is 0.247. The molecule has 0 unspecified atom stereocenters. The highest BCUT2D eigenvalue weighted by Crippen LogP contribution is 1.97. The molecular formula is H6BrCl3Si2. The van der Waals surface area contributed by atoms with Crippen molar-refractivity contribution < 1.29 is 0 Å². The van der Waals surface area contributed by atoms with Gasteiger partial charge in [0.05, 0.1) is 0 Å². The zero-order valence-corrected chi connectivity index (χ0v) is 7.26. The van der Waals surface area contributed by atoms with Crippen LogP contribution in [0.25, 0.3) is 0 Å². The number of halogens is 4. The molecule has 0 saturated heterocycles. The van der Waals surface area contributed by atoms with Crippen molar-refractivity contribution in [2.45, 2.75) is 0 Å². The average molecular weight is 248 g/mol. The van der Waals surface area contributed by atoms with E-state index in [1.807, 2.05) is 0 Å². The third-order valence-corrected chi connectivity index (χ3v) is 0. The fourth-order valence-corrected chi connectivity index (χ4v) is 0. The van der Waals surface area contributed by atoms with Crippen molar-refractivity contribution in [1.82, 2.24) is 0 Å². The lowest BCUT2D eigenvalue weighted by molar-refractivity contribution is 4.07. The van der Waals surface area contributed by atoms with Crippen LogP contribution >= 0.6 is 50.2 Å². The van der Waals surface area contributed by atoms with E-state index in [4.69, 9.17) is 33.2 Å². The number of hydrogen-bond acceptors (Lipinski definition) is 0. The van der Waals surface area contributed by atoms with Gasteiger partial charge in [0.25, 0.3) is 0 Å². The molecule has 0 bridgehead atoms. The second-order valence-corrected chi connectivity index (χ2v) is 6.68. The van der Waals surface area contributed by atoms with Crippen LogP contribution in [-0.4, -0.2) is 17.7 Å². The van der Waals surface area contributed by atoms with Gasteiger partial charge in [-0.3, -0.25) is 0 Å². The second kappa shape index (κ2) is 9.92. The molecule has 6 heavy (non-hydrogen) atoms. The molecule has 0 aliphatic carbocycles. The molecule has 42 valence electrons. The molecule has 0 spiro atoms. The van der Waals surface area contributed by atoms with Gasteiger partial charge in [0.1, 0.15) is 0 Å². The van der Waals surface area contributed by atoms with Crippen LogP contribution in [0.1, 0.15) is 0 Å². The standard InChI is InChI=1S/BrH.Cl3HSi.H4Si/c;1-4(2)3;/h1H;4H;1H4. The highest BCUT2D eigenvalue weighted by atomic mass is 79.9. The Hall–Kier alpha value is 1.78. The van der Waals surface area contributed by atoms with Crippen LogP contribution in [0.15, 0.2) is 0 Å². The zero-order chi connectivity index (χ0) is 3.58. The minimum Gasteiger partial charge on any atom is -0.130 e. The van der Waals surface area contributed by atoms with Crippen LogP contribution in [0.5, 0.6) is 0 Å². The highest BCUT2D eigenvalue weighted by Gasteiger charge is 1.85. The largest absolute Gasteiger partial charge is 0.326 e. The molecule has 0 nitrogen and oxygen atoms in total. The molecule has 0 radical (unpaired) electrons. The van der Waals surface area contributed by atoms with E-state index >= 15 is 0 Å². The SMILES string of the molecule is Br.Cl[SiH](Cl)Cl.[SiH4]. The number of rotatable bonds is 0. The van der Waals surface area contributed by atoms with E-state index in [1.54, 1.807) is 0 Å². The van der Waals surface area contributed by atoms with Crippen molar-refractivity contribution in [3.05, 3.63) is 0 Å².